The number of nitrogens with zero attached hydrogens (tertiary/aromatic N) is 3. The van der Waals surface area contributed by atoms with Gasteiger partial charge in [-0.2, -0.15) is 0 Å². The number of hydrogen-bond donors (Lipinski definition) is 1. The molecule has 0 saturated carbocycles. The normalized spacial score (nSPS) is 11.0. The summed E-state index contributed by atoms with van der Waals surface area (Å²) in [5.74, 6) is -0.533. The fourth-order valence-corrected chi connectivity index (χ4v) is 4.83. The van der Waals surface area contributed by atoms with E-state index < -0.39 is 5.97 Å². The van der Waals surface area contributed by atoms with Crippen molar-refractivity contribution in [3.05, 3.63) is 82.0 Å². The predicted molar refractivity (Wildman–Crippen MR) is 127 cm³/mol. The molecule has 2 heterocycles. The number of fused-ring (bicyclic) bond motifs is 1. The summed E-state index contributed by atoms with van der Waals surface area (Å²) in [6.07, 6.45) is 5.05. The van der Waals surface area contributed by atoms with E-state index in [0.717, 1.165) is 0 Å². The molecule has 0 atom stereocenters. The number of carbonyl (C=O) groups is 1. The first kappa shape index (κ1) is 22.0. The number of benzene rings is 2. The van der Waals surface area contributed by atoms with Gasteiger partial charge < -0.3 is 19.0 Å². The van der Waals surface area contributed by atoms with Crippen LogP contribution in [0.4, 0.5) is 0 Å². The second kappa shape index (κ2) is 9.13. The summed E-state index contributed by atoms with van der Waals surface area (Å²) in [4.78, 5) is 17.7. The van der Waals surface area contributed by atoms with Crippen molar-refractivity contribution in [2.24, 2.45) is 7.05 Å². The molecule has 0 saturated heterocycles. The van der Waals surface area contributed by atoms with Crippen LogP contribution in [0.5, 0.6) is 5.75 Å². The van der Waals surface area contributed by atoms with Crippen LogP contribution in [-0.4, -0.2) is 40.9 Å². The topological polar surface area (TPSA) is 86.4 Å². The van der Waals surface area contributed by atoms with Gasteiger partial charge >= 0.3 is 5.97 Å². The second-order valence-electron chi connectivity index (χ2n) is 7.10. The third-order valence-electron chi connectivity index (χ3n) is 5.23. The van der Waals surface area contributed by atoms with E-state index in [1.807, 2.05) is 30.3 Å². The van der Waals surface area contributed by atoms with Gasteiger partial charge in [0.2, 0.25) is 0 Å². The number of halogens is 1. The van der Waals surface area contributed by atoms with E-state index in [1.54, 1.807) is 47.9 Å². The molecule has 2 aromatic heterocycles. The molecular formula is C23H20BrN3O4S. The molecule has 0 spiro atoms. The first-order valence-electron chi connectivity index (χ1n) is 9.86. The van der Waals surface area contributed by atoms with Gasteiger partial charge in [0.15, 0.2) is 0 Å². The summed E-state index contributed by atoms with van der Waals surface area (Å²) in [6.45, 7) is 2.19. The molecule has 0 aliphatic rings. The smallest absolute Gasteiger partial charge is 0.341 e. The number of esters is 1. The molecule has 0 radical (unpaired) electrons. The van der Waals surface area contributed by atoms with Crippen molar-refractivity contribution in [1.29, 1.82) is 0 Å². The lowest BCUT2D eigenvalue weighted by Crippen LogP contribution is -2.15. The number of ether oxygens (including phenoxy) is 1. The highest BCUT2D eigenvalue weighted by atomic mass is 79.9. The van der Waals surface area contributed by atoms with E-state index in [1.165, 1.54) is 0 Å². The van der Waals surface area contributed by atoms with E-state index >= 15 is 0 Å². The lowest BCUT2D eigenvalue weighted by molar-refractivity contribution is 0.0528. The van der Waals surface area contributed by atoms with Gasteiger partial charge in [-0.25, -0.2) is 14.0 Å². The molecule has 0 aliphatic carbocycles. The summed E-state index contributed by atoms with van der Waals surface area (Å²) >= 11 is 3.75. The van der Waals surface area contributed by atoms with Gasteiger partial charge in [0, 0.05) is 30.4 Å². The van der Waals surface area contributed by atoms with Crippen LogP contribution in [0, 0.1) is 0 Å². The zero-order chi connectivity index (χ0) is 22.8. The Hall–Kier alpha value is -3.17. The van der Waals surface area contributed by atoms with Crippen molar-refractivity contribution < 1.29 is 18.8 Å². The molecule has 0 fully saturated rings. The fourth-order valence-electron chi connectivity index (χ4n) is 3.83. The third-order valence-corrected chi connectivity index (χ3v) is 6.43. The number of aromatic nitrogens is 3. The molecule has 32 heavy (non-hydrogen) atoms. The average molecular weight is 514 g/mol. The molecule has 7 nitrogen and oxygen atoms in total. The number of aryl methyl sites for hydroxylation is 1. The maximum Gasteiger partial charge on any atom is 0.341 e. The largest absolute Gasteiger partial charge is 0.506 e. The minimum absolute atomic E-state index is 0.0185. The molecule has 0 amide bonds. The van der Waals surface area contributed by atoms with Crippen molar-refractivity contribution in [2.45, 2.75) is 13.5 Å². The van der Waals surface area contributed by atoms with Crippen LogP contribution in [0.3, 0.4) is 0 Å². The average Bonchev–Trinajstić information content (AvgIpc) is 3.40. The second-order valence-corrected chi connectivity index (χ2v) is 8.53. The Bertz CT molecular complexity index is 1360. The van der Waals surface area contributed by atoms with Crippen molar-refractivity contribution >= 4 is 48.9 Å². The Kier molecular flexibility index (Phi) is 6.29. The van der Waals surface area contributed by atoms with Crippen LogP contribution in [0.25, 0.3) is 10.9 Å². The van der Waals surface area contributed by atoms with E-state index in [9.17, 15) is 14.1 Å². The Balaban J connectivity index is 2.11. The Morgan fingerprint density at radius 3 is 2.66 bits per heavy atom. The molecule has 4 rings (SSSR count). The maximum absolute atomic E-state index is 13.2. The van der Waals surface area contributed by atoms with Gasteiger partial charge in [0.25, 0.3) is 0 Å². The van der Waals surface area contributed by atoms with Crippen LogP contribution in [-0.2, 0) is 29.6 Å². The van der Waals surface area contributed by atoms with Crippen molar-refractivity contribution in [1.82, 2.24) is 14.1 Å². The highest BCUT2D eigenvalue weighted by Crippen LogP contribution is 2.40. The summed E-state index contributed by atoms with van der Waals surface area (Å²) < 4.78 is 21.8. The van der Waals surface area contributed by atoms with Gasteiger partial charge in [-0.15, -0.1) is 0 Å². The number of aromatic hydroxyl groups is 1. The number of imidazole rings is 1. The Labute approximate surface area is 196 Å². The molecular weight excluding hydrogens is 494 g/mol. The first-order chi connectivity index (χ1) is 15.5. The van der Waals surface area contributed by atoms with Crippen LogP contribution in [0.15, 0.2) is 59.6 Å². The Morgan fingerprint density at radius 1 is 1.28 bits per heavy atom. The van der Waals surface area contributed by atoms with Crippen molar-refractivity contribution in [3.63, 3.8) is 0 Å². The van der Waals surface area contributed by atoms with Gasteiger partial charge in [-0.3, -0.25) is 0 Å². The highest BCUT2D eigenvalue weighted by molar-refractivity contribution is 9.10. The van der Waals surface area contributed by atoms with Gasteiger partial charge in [-0.1, -0.05) is 30.3 Å². The fraction of sp³-hybridized carbons (Fsp3) is 0.174. The third kappa shape index (κ3) is 3.78. The Morgan fingerprint density at radius 2 is 2.03 bits per heavy atom. The molecule has 9 heteroatoms. The van der Waals surface area contributed by atoms with E-state index in [4.69, 9.17) is 4.74 Å². The molecule has 0 bridgehead atoms. The van der Waals surface area contributed by atoms with E-state index in [2.05, 4.69) is 20.9 Å². The van der Waals surface area contributed by atoms with Crippen LogP contribution in [0.2, 0.25) is 0 Å². The van der Waals surface area contributed by atoms with E-state index in [-0.39, 0.29) is 24.5 Å². The zero-order valence-electron chi connectivity index (χ0n) is 17.4. The van der Waals surface area contributed by atoms with Crippen LogP contribution >= 0.6 is 15.9 Å². The molecule has 0 unspecified atom stereocenters. The van der Waals surface area contributed by atoms with Crippen LogP contribution in [0.1, 0.15) is 34.1 Å². The minimum Gasteiger partial charge on any atom is -0.506 e. The number of phenols is 1. The number of rotatable bonds is 6. The van der Waals surface area contributed by atoms with Crippen molar-refractivity contribution in [3.8, 4) is 5.75 Å². The molecule has 2 aromatic carbocycles. The van der Waals surface area contributed by atoms with Gasteiger partial charge in [0.05, 0.1) is 56.8 Å². The molecule has 0 aliphatic heterocycles. The SMILES string of the molecule is CCOC(=O)c1c(C(=S=O)c2ccccc2)n(C)c2cc(Br)c(O)c(Cn3ccnc3)c12. The standard InChI is InChI=1S/C23H20BrN3O4S/c1-3-31-23(29)19-18-15(12-27-10-9-25-13-27)21(28)16(24)11-17(18)26(2)20(19)22(32-30)14-7-5-4-6-8-14/h4-11,13,28H,3,12H2,1-2H3. The number of carbonyl (C=O) groups excluding carboxylic acids is 1. The number of hydrogen-bond acceptors (Lipinski definition) is 5. The van der Waals surface area contributed by atoms with Gasteiger partial charge in [0.1, 0.15) is 5.75 Å². The lowest BCUT2D eigenvalue weighted by atomic mass is 10.0. The van der Waals surface area contributed by atoms with Crippen LogP contribution < -0.4 is 0 Å². The molecule has 4 aromatic rings. The summed E-state index contributed by atoms with van der Waals surface area (Å²) in [5, 5.41) is 11.5. The zero-order valence-corrected chi connectivity index (χ0v) is 19.8. The van der Waals surface area contributed by atoms with E-state index in [0.29, 0.717) is 48.3 Å². The highest BCUT2D eigenvalue weighted by Gasteiger charge is 2.30. The summed E-state index contributed by atoms with van der Waals surface area (Å²) in [5.41, 5.74) is 2.62. The molecule has 164 valence electrons. The summed E-state index contributed by atoms with van der Waals surface area (Å²) in [7, 11) is 1.80. The quantitative estimate of drug-likeness (QED) is 0.240. The monoisotopic (exact) mass is 513 g/mol. The predicted octanol–water partition coefficient (Wildman–Crippen LogP) is 3.85. The minimum atomic E-state index is -0.552. The maximum atomic E-state index is 13.2. The van der Waals surface area contributed by atoms with Gasteiger partial charge in [-0.05, 0) is 34.5 Å². The van der Waals surface area contributed by atoms with Crippen molar-refractivity contribution in [2.75, 3.05) is 6.61 Å². The summed E-state index contributed by atoms with van der Waals surface area (Å²) in [6, 6.07) is 10.9. The lowest BCUT2D eigenvalue weighted by Gasteiger charge is -2.11. The first-order valence-corrected chi connectivity index (χ1v) is 11.4. The molecule has 1 N–H and O–H groups in total. The number of phenolic OH excluding ortho intramolecular Hbond substituents is 1.